The molecule has 16 heavy (non-hydrogen) atoms. The molecule has 0 fully saturated rings. The van der Waals surface area contributed by atoms with Gasteiger partial charge in [0.1, 0.15) is 0 Å². The van der Waals surface area contributed by atoms with Crippen LogP contribution in [0.2, 0.25) is 0 Å². The maximum atomic E-state index is 12.1. The number of carbonyl (C=O) groups is 1. The third-order valence-corrected chi connectivity index (χ3v) is 3.29. The van der Waals surface area contributed by atoms with E-state index in [1.165, 1.54) is 0 Å². The Morgan fingerprint density at radius 1 is 1.31 bits per heavy atom. The molecule has 3 nitrogen and oxygen atoms in total. The van der Waals surface area contributed by atoms with Crippen molar-refractivity contribution >= 4 is 11.6 Å². The van der Waals surface area contributed by atoms with E-state index in [0.29, 0.717) is 0 Å². The largest absolute Gasteiger partial charge is 0.387 e. The van der Waals surface area contributed by atoms with Crippen LogP contribution in [0.4, 0.5) is 5.69 Å². The average Bonchev–Trinajstić information content (AvgIpc) is 2.26. The fourth-order valence-corrected chi connectivity index (χ4v) is 2.36. The number of hydrogen-bond acceptors (Lipinski definition) is 2. The lowest BCUT2D eigenvalue weighted by Crippen LogP contribution is -2.43. The molecule has 1 aliphatic heterocycles. The van der Waals surface area contributed by atoms with Crippen LogP contribution in [0.15, 0.2) is 24.3 Å². The van der Waals surface area contributed by atoms with E-state index in [1.54, 1.807) is 11.9 Å². The SMILES string of the molecule is CC(C)C1C(=O)N(C)c2ccccc2C1O. The van der Waals surface area contributed by atoms with Gasteiger partial charge in [0, 0.05) is 18.3 Å². The van der Waals surface area contributed by atoms with Crippen molar-refractivity contribution in [3.05, 3.63) is 29.8 Å². The number of nitrogens with zero attached hydrogens (tertiary/aromatic N) is 1. The van der Waals surface area contributed by atoms with Crippen LogP contribution in [0.1, 0.15) is 25.5 Å². The lowest BCUT2D eigenvalue weighted by molar-refractivity contribution is -0.128. The summed E-state index contributed by atoms with van der Waals surface area (Å²) in [4.78, 5) is 13.8. The Bertz CT molecular complexity index is 414. The summed E-state index contributed by atoms with van der Waals surface area (Å²) in [5, 5.41) is 10.2. The Balaban J connectivity index is 2.52. The van der Waals surface area contributed by atoms with E-state index in [-0.39, 0.29) is 17.7 Å². The van der Waals surface area contributed by atoms with Crippen molar-refractivity contribution in [1.82, 2.24) is 0 Å². The van der Waals surface area contributed by atoms with Gasteiger partial charge in [0.2, 0.25) is 5.91 Å². The number of aliphatic hydroxyl groups excluding tert-OH is 1. The third kappa shape index (κ3) is 1.52. The van der Waals surface area contributed by atoms with E-state index in [2.05, 4.69) is 0 Å². The zero-order valence-corrected chi connectivity index (χ0v) is 9.84. The molecule has 1 aromatic rings. The van der Waals surface area contributed by atoms with Crippen molar-refractivity contribution in [3.63, 3.8) is 0 Å². The molecule has 1 aromatic carbocycles. The Hall–Kier alpha value is -1.35. The van der Waals surface area contributed by atoms with Gasteiger partial charge in [-0.1, -0.05) is 32.0 Å². The predicted octanol–water partition coefficient (Wildman–Crippen LogP) is 1.97. The van der Waals surface area contributed by atoms with Gasteiger partial charge in [-0.15, -0.1) is 0 Å². The third-order valence-electron chi connectivity index (χ3n) is 3.29. The number of benzene rings is 1. The molecule has 1 N–H and O–H groups in total. The molecule has 2 unspecified atom stereocenters. The molecule has 0 aliphatic carbocycles. The van der Waals surface area contributed by atoms with Crippen LogP contribution in [0, 0.1) is 11.8 Å². The lowest BCUT2D eigenvalue weighted by atomic mass is 9.82. The molecule has 0 aromatic heterocycles. The van der Waals surface area contributed by atoms with Crippen molar-refractivity contribution in [2.75, 3.05) is 11.9 Å². The summed E-state index contributed by atoms with van der Waals surface area (Å²) in [7, 11) is 1.77. The maximum Gasteiger partial charge on any atom is 0.233 e. The molecule has 1 aliphatic rings. The van der Waals surface area contributed by atoms with E-state index in [4.69, 9.17) is 0 Å². The highest BCUT2D eigenvalue weighted by atomic mass is 16.3. The van der Waals surface area contributed by atoms with Crippen LogP contribution in [0.25, 0.3) is 0 Å². The fraction of sp³-hybridized carbons (Fsp3) is 0.462. The number of amides is 1. The van der Waals surface area contributed by atoms with Crippen molar-refractivity contribution in [2.24, 2.45) is 11.8 Å². The highest BCUT2D eigenvalue weighted by molar-refractivity contribution is 5.98. The topological polar surface area (TPSA) is 40.5 Å². The zero-order valence-electron chi connectivity index (χ0n) is 9.84. The number of rotatable bonds is 1. The quantitative estimate of drug-likeness (QED) is 0.784. The van der Waals surface area contributed by atoms with Gasteiger partial charge in [-0.3, -0.25) is 4.79 Å². The van der Waals surface area contributed by atoms with Crippen LogP contribution in [-0.2, 0) is 4.79 Å². The molecule has 86 valence electrons. The minimum Gasteiger partial charge on any atom is -0.387 e. The average molecular weight is 219 g/mol. The molecule has 1 heterocycles. The van der Waals surface area contributed by atoms with E-state index in [0.717, 1.165) is 11.3 Å². The summed E-state index contributed by atoms with van der Waals surface area (Å²) in [6.07, 6.45) is -0.681. The van der Waals surface area contributed by atoms with Gasteiger partial charge in [0.05, 0.1) is 12.0 Å². The maximum absolute atomic E-state index is 12.1. The summed E-state index contributed by atoms with van der Waals surface area (Å²) in [5.41, 5.74) is 1.67. The fourth-order valence-electron chi connectivity index (χ4n) is 2.36. The summed E-state index contributed by atoms with van der Waals surface area (Å²) < 4.78 is 0. The molecule has 2 atom stereocenters. The molecular formula is C13H17NO2. The highest BCUT2D eigenvalue weighted by Gasteiger charge is 2.39. The van der Waals surface area contributed by atoms with Gasteiger partial charge < -0.3 is 10.0 Å². The minimum absolute atomic E-state index is 0.00111. The first-order chi connectivity index (χ1) is 7.54. The predicted molar refractivity (Wildman–Crippen MR) is 63.1 cm³/mol. The lowest BCUT2D eigenvalue weighted by Gasteiger charge is -2.37. The molecule has 0 spiro atoms. The second-order valence-electron chi connectivity index (χ2n) is 4.67. The second kappa shape index (κ2) is 3.91. The number of fused-ring (bicyclic) bond motifs is 1. The standard InChI is InChI=1S/C13H17NO2/c1-8(2)11-12(15)9-6-4-5-7-10(9)14(3)13(11)16/h4-8,11-12,15H,1-3H3. The van der Waals surface area contributed by atoms with Gasteiger partial charge in [-0.25, -0.2) is 0 Å². The van der Waals surface area contributed by atoms with Crippen LogP contribution in [0.3, 0.4) is 0 Å². The van der Waals surface area contributed by atoms with Gasteiger partial charge in [0.25, 0.3) is 0 Å². The van der Waals surface area contributed by atoms with E-state index >= 15 is 0 Å². The second-order valence-corrected chi connectivity index (χ2v) is 4.67. The number of anilines is 1. The Morgan fingerprint density at radius 3 is 2.56 bits per heavy atom. The smallest absolute Gasteiger partial charge is 0.233 e. The normalized spacial score (nSPS) is 24.8. The molecule has 0 saturated heterocycles. The summed E-state index contributed by atoms with van der Waals surface area (Å²) in [6.45, 7) is 3.93. The van der Waals surface area contributed by atoms with Crippen molar-refractivity contribution in [1.29, 1.82) is 0 Å². The summed E-state index contributed by atoms with van der Waals surface area (Å²) >= 11 is 0. The van der Waals surface area contributed by atoms with E-state index in [1.807, 2.05) is 38.1 Å². The molecule has 0 saturated carbocycles. The minimum atomic E-state index is -0.681. The first-order valence-electron chi connectivity index (χ1n) is 5.58. The molecule has 0 bridgehead atoms. The molecule has 2 rings (SSSR count). The monoisotopic (exact) mass is 219 g/mol. The van der Waals surface area contributed by atoms with E-state index in [9.17, 15) is 9.90 Å². The molecule has 1 amide bonds. The van der Waals surface area contributed by atoms with Gasteiger partial charge in [-0.2, -0.15) is 0 Å². The Kier molecular flexibility index (Phi) is 2.72. The molecule has 3 heteroatoms. The van der Waals surface area contributed by atoms with Crippen LogP contribution in [-0.4, -0.2) is 18.1 Å². The van der Waals surface area contributed by atoms with Crippen LogP contribution in [0.5, 0.6) is 0 Å². The zero-order chi connectivity index (χ0) is 11.9. The Morgan fingerprint density at radius 2 is 1.94 bits per heavy atom. The summed E-state index contributed by atoms with van der Waals surface area (Å²) in [6, 6.07) is 7.53. The van der Waals surface area contributed by atoms with Crippen molar-refractivity contribution in [2.45, 2.75) is 20.0 Å². The van der Waals surface area contributed by atoms with Gasteiger partial charge in [-0.05, 0) is 12.0 Å². The molecule has 0 radical (unpaired) electrons. The van der Waals surface area contributed by atoms with Crippen LogP contribution >= 0.6 is 0 Å². The first-order valence-corrected chi connectivity index (χ1v) is 5.58. The number of aliphatic hydroxyl groups is 1. The first kappa shape index (κ1) is 11.1. The molecular weight excluding hydrogens is 202 g/mol. The van der Waals surface area contributed by atoms with Gasteiger partial charge >= 0.3 is 0 Å². The van der Waals surface area contributed by atoms with Crippen molar-refractivity contribution in [3.8, 4) is 0 Å². The number of hydrogen-bond donors (Lipinski definition) is 1. The van der Waals surface area contributed by atoms with Gasteiger partial charge in [0.15, 0.2) is 0 Å². The number of para-hydroxylation sites is 1. The van der Waals surface area contributed by atoms with Crippen molar-refractivity contribution < 1.29 is 9.90 Å². The van der Waals surface area contributed by atoms with E-state index < -0.39 is 6.10 Å². The highest BCUT2D eigenvalue weighted by Crippen LogP contribution is 2.39. The number of carbonyl (C=O) groups excluding carboxylic acids is 1. The van der Waals surface area contributed by atoms with Crippen LogP contribution < -0.4 is 4.90 Å². The summed E-state index contributed by atoms with van der Waals surface area (Å²) in [5.74, 6) is -0.195. The Labute approximate surface area is 95.7 Å².